The predicted octanol–water partition coefficient (Wildman–Crippen LogP) is 5.33. The molecule has 8 rings (SSSR count). The Morgan fingerprint density at radius 3 is 2.56 bits per heavy atom. The fourth-order valence-corrected chi connectivity index (χ4v) is 10.8. The van der Waals surface area contributed by atoms with Crippen LogP contribution in [0.5, 0.6) is 0 Å². The van der Waals surface area contributed by atoms with Gasteiger partial charge in [0.1, 0.15) is 12.1 Å². The van der Waals surface area contributed by atoms with Gasteiger partial charge in [-0.25, -0.2) is 4.39 Å². The van der Waals surface area contributed by atoms with Crippen LogP contribution >= 0.6 is 18.9 Å². The summed E-state index contributed by atoms with van der Waals surface area (Å²) in [6, 6.07) is 15.0. The van der Waals surface area contributed by atoms with Crippen LogP contribution in [0.15, 0.2) is 54.6 Å². The predicted molar refractivity (Wildman–Crippen MR) is 195 cm³/mol. The van der Waals surface area contributed by atoms with Crippen molar-refractivity contribution in [3.63, 3.8) is 0 Å². The SMILES string of the molecule is CN([C@@H]1CCOC1)[C@H]1CCC(NC(=O)c2cc3cc([C@H](F)P(=O)(O)O)ccc3s2)C(=O)N2[C@H](CC[C@H]2C(=O)N2C[C@H](c3ccccc3)CC23CC3)C1. The van der Waals surface area contributed by atoms with E-state index in [1.807, 2.05) is 23.1 Å². The number of likely N-dealkylation sites (N-methyl/N-ethyl adjacent to an activating group) is 1. The first-order valence-electron chi connectivity index (χ1n) is 18.4. The van der Waals surface area contributed by atoms with Gasteiger partial charge < -0.3 is 29.6 Å². The molecule has 14 heteroatoms. The summed E-state index contributed by atoms with van der Waals surface area (Å²) >= 11 is 1.17. The van der Waals surface area contributed by atoms with E-state index in [-0.39, 0.29) is 47.0 Å². The van der Waals surface area contributed by atoms with E-state index in [2.05, 4.69) is 34.3 Å². The van der Waals surface area contributed by atoms with Crippen molar-refractivity contribution in [1.29, 1.82) is 0 Å². The third-order valence-electron chi connectivity index (χ3n) is 12.3. The van der Waals surface area contributed by atoms with Gasteiger partial charge in [0.25, 0.3) is 5.91 Å². The Morgan fingerprint density at radius 1 is 1.06 bits per heavy atom. The second kappa shape index (κ2) is 13.9. The van der Waals surface area contributed by atoms with Gasteiger partial charge in [0.2, 0.25) is 17.7 Å². The number of rotatable bonds is 8. The number of hydrogen-bond acceptors (Lipinski definition) is 7. The summed E-state index contributed by atoms with van der Waals surface area (Å²) in [5, 5.41) is 3.50. The molecule has 0 radical (unpaired) electrons. The number of halogens is 1. The lowest BCUT2D eigenvalue weighted by Gasteiger charge is -2.42. The monoisotopic (exact) mass is 752 g/mol. The molecule has 3 amide bonds. The molecule has 5 fully saturated rings. The van der Waals surface area contributed by atoms with E-state index in [4.69, 9.17) is 4.74 Å². The molecule has 52 heavy (non-hydrogen) atoms. The van der Waals surface area contributed by atoms with Crippen molar-refractivity contribution in [2.45, 2.75) is 105 Å². The maximum absolute atomic E-state index is 14.7. The Labute approximate surface area is 306 Å². The van der Waals surface area contributed by atoms with E-state index in [0.717, 1.165) is 38.5 Å². The van der Waals surface area contributed by atoms with Crippen LogP contribution in [0.4, 0.5) is 4.39 Å². The molecule has 1 aromatic heterocycles. The highest BCUT2D eigenvalue weighted by atomic mass is 32.1. The second-order valence-electron chi connectivity index (χ2n) is 15.5. The van der Waals surface area contributed by atoms with Crippen LogP contribution in [0, 0.1) is 0 Å². The van der Waals surface area contributed by atoms with Crippen LogP contribution < -0.4 is 5.32 Å². The quantitative estimate of drug-likeness (QED) is 0.263. The lowest BCUT2D eigenvalue weighted by atomic mass is 9.92. The van der Waals surface area contributed by atoms with E-state index in [9.17, 15) is 33.1 Å². The molecule has 4 aliphatic heterocycles. The normalized spacial score (nSPS) is 29.4. The summed E-state index contributed by atoms with van der Waals surface area (Å²) in [6.45, 7) is 2.02. The van der Waals surface area contributed by atoms with Gasteiger partial charge in [-0.1, -0.05) is 36.4 Å². The lowest BCUT2D eigenvalue weighted by Crippen LogP contribution is -2.59. The average molecular weight is 753 g/mol. The molecule has 1 saturated carbocycles. The van der Waals surface area contributed by atoms with Crippen LogP contribution in [-0.4, -0.2) is 105 Å². The van der Waals surface area contributed by atoms with Crippen molar-refractivity contribution in [2.75, 3.05) is 26.8 Å². The van der Waals surface area contributed by atoms with E-state index >= 15 is 0 Å². The topological polar surface area (TPSA) is 140 Å². The molecule has 2 aromatic carbocycles. The van der Waals surface area contributed by atoms with Gasteiger partial charge in [-0.3, -0.25) is 23.8 Å². The first kappa shape index (κ1) is 35.8. The van der Waals surface area contributed by atoms with E-state index in [1.54, 1.807) is 12.1 Å². The van der Waals surface area contributed by atoms with Gasteiger partial charge in [0.05, 0.1) is 11.5 Å². The van der Waals surface area contributed by atoms with Crippen molar-refractivity contribution in [1.82, 2.24) is 20.0 Å². The fraction of sp³-hybridized carbons (Fsp3) is 0.553. The molecule has 1 unspecified atom stereocenters. The molecule has 278 valence electrons. The summed E-state index contributed by atoms with van der Waals surface area (Å²) in [6.07, 6.45) is 6.98. The Hall–Kier alpha value is -3.19. The first-order valence-corrected chi connectivity index (χ1v) is 20.9. The number of thiophene rings is 1. The molecule has 7 atom stereocenters. The zero-order valence-corrected chi connectivity index (χ0v) is 30.9. The largest absolute Gasteiger partial charge is 0.380 e. The zero-order valence-electron chi connectivity index (χ0n) is 29.2. The molecular weight excluding hydrogens is 706 g/mol. The Kier molecular flexibility index (Phi) is 9.58. The highest BCUT2D eigenvalue weighted by Crippen LogP contribution is 2.55. The average Bonchev–Trinajstić information content (AvgIpc) is 3.60. The molecule has 5 heterocycles. The van der Waals surface area contributed by atoms with E-state index in [0.29, 0.717) is 54.0 Å². The number of nitrogens with zero attached hydrogens (tertiary/aromatic N) is 3. The summed E-state index contributed by atoms with van der Waals surface area (Å²) < 4.78 is 32.4. The van der Waals surface area contributed by atoms with Gasteiger partial charge in [-0.05, 0) is 99.5 Å². The van der Waals surface area contributed by atoms with Crippen molar-refractivity contribution in [3.8, 4) is 0 Å². The maximum Gasteiger partial charge on any atom is 0.363 e. The summed E-state index contributed by atoms with van der Waals surface area (Å²) in [4.78, 5) is 68.4. The Bertz CT molecular complexity index is 1900. The Balaban J connectivity index is 1.05. The maximum atomic E-state index is 14.7. The number of fused-ring (bicyclic) bond motifs is 2. The van der Waals surface area contributed by atoms with Crippen LogP contribution in [0.1, 0.15) is 90.4 Å². The number of benzene rings is 2. The van der Waals surface area contributed by atoms with Gasteiger partial charge in [-0.15, -0.1) is 11.3 Å². The van der Waals surface area contributed by atoms with Crippen molar-refractivity contribution in [2.24, 2.45) is 0 Å². The first-order chi connectivity index (χ1) is 24.9. The molecule has 1 aliphatic carbocycles. The lowest BCUT2D eigenvalue weighted by molar-refractivity contribution is -0.148. The zero-order chi connectivity index (χ0) is 36.4. The molecule has 3 N–H and O–H groups in total. The third kappa shape index (κ3) is 6.73. The van der Waals surface area contributed by atoms with Crippen molar-refractivity contribution < 1.29 is 37.9 Å². The van der Waals surface area contributed by atoms with Gasteiger partial charge in [-0.2, -0.15) is 0 Å². The number of alkyl halides is 1. The molecule has 1 spiro atoms. The van der Waals surface area contributed by atoms with E-state index < -0.39 is 31.5 Å². The summed E-state index contributed by atoms with van der Waals surface area (Å²) in [7, 11) is -2.88. The molecule has 3 aromatic rings. The molecule has 0 bridgehead atoms. The minimum Gasteiger partial charge on any atom is -0.380 e. The fourth-order valence-electron chi connectivity index (χ4n) is 9.29. The number of likely N-dealkylation sites (tertiary alicyclic amines) is 1. The van der Waals surface area contributed by atoms with Crippen LogP contribution in [0.25, 0.3) is 10.1 Å². The second-order valence-corrected chi connectivity index (χ2v) is 18.2. The smallest absolute Gasteiger partial charge is 0.363 e. The minimum absolute atomic E-state index is 0.0216. The highest BCUT2D eigenvalue weighted by Gasteiger charge is 2.58. The number of ether oxygens (including phenoxy) is 1. The number of amides is 3. The number of hydrogen-bond donors (Lipinski definition) is 3. The van der Waals surface area contributed by atoms with Gasteiger partial charge >= 0.3 is 7.60 Å². The molecule has 4 saturated heterocycles. The molecular formula is C38H46FN4O7PS. The highest BCUT2D eigenvalue weighted by molar-refractivity contribution is 7.51. The summed E-state index contributed by atoms with van der Waals surface area (Å²) in [5.41, 5.74) is 0.930. The number of carbonyl (C=O) groups is 3. The minimum atomic E-state index is -5.00. The van der Waals surface area contributed by atoms with Crippen molar-refractivity contribution >= 4 is 46.7 Å². The Morgan fingerprint density at radius 2 is 1.85 bits per heavy atom. The third-order valence-corrected chi connectivity index (χ3v) is 14.3. The van der Waals surface area contributed by atoms with Gasteiger partial charge in [0, 0.05) is 47.4 Å². The van der Waals surface area contributed by atoms with Crippen LogP contribution in [-0.2, 0) is 18.9 Å². The number of nitrogens with one attached hydrogen (secondary N) is 1. The van der Waals surface area contributed by atoms with Crippen molar-refractivity contribution in [3.05, 3.63) is 70.6 Å². The molecule has 11 nitrogen and oxygen atoms in total. The molecule has 5 aliphatic rings. The van der Waals surface area contributed by atoms with Crippen LogP contribution in [0.2, 0.25) is 0 Å². The van der Waals surface area contributed by atoms with E-state index in [1.165, 1.54) is 29.0 Å². The van der Waals surface area contributed by atoms with Gasteiger partial charge in [0.15, 0.2) is 0 Å². The number of carbonyl (C=O) groups excluding carboxylic acids is 3. The standard InChI is InChI=1S/C38H46FN4O7PS/c1-41(29-13-16-50-22-29)27-8-10-30(40-35(44)33-18-25-17-24(7-12-32(25)52-33)34(39)51(47,48)49)36(45)43-28(19-27)9-11-31(43)37(46)42-21-26(20-38(42)14-15-38)23-5-3-2-4-6-23/h2-7,12,17-18,26-31,34H,8-11,13-16,19-22H2,1H3,(H,40,44)(H2,47,48,49)/t26-,27+,28-,29-,30?,31+,34-/m1/s1. The van der Waals surface area contributed by atoms with Crippen LogP contribution in [0.3, 0.4) is 0 Å². The summed E-state index contributed by atoms with van der Waals surface area (Å²) in [5.74, 6) is -2.87.